The molecule has 0 aliphatic carbocycles. The summed E-state index contributed by atoms with van der Waals surface area (Å²) in [4.78, 5) is 24.6. The molecule has 0 radical (unpaired) electrons. The lowest BCUT2D eigenvalue weighted by Crippen LogP contribution is -2.46. The summed E-state index contributed by atoms with van der Waals surface area (Å²) >= 11 is 0. The van der Waals surface area contributed by atoms with Gasteiger partial charge in [0.1, 0.15) is 0 Å². The van der Waals surface area contributed by atoms with Gasteiger partial charge in [-0.2, -0.15) is 4.31 Å². The van der Waals surface area contributed by atoms with E-state index in [2.05, 4.69) is 10.6 Å². The van der Waals surface area contributed by atoms with Gasteiger partial charge in [0.2, 0.25) is 10.0 Å². The quantitative estimate of drug-likeness (QED) is 0.607. The third-order valence-corrected chi connectivity index (χ3v) is 8.14. The maximum absolute atomic E-state index is 13.4. The van der Waals surface area contributed by atoms with Crippen LogP contribution in [0.5, 0.6) is 0 Å². The first kappa shape index (κ1) is 24.9. The SMILES string of the molecule is Cc1ccc(CNC(=O)C(=O)NCC[C@@H]2CCCCN2S(=O)(=O)c2cc(C)ccc2C)cc1. The molecule has 1 atom stereocenters. The van der Waals surface area contributed by atoms with Crippen LogP contribution in [0.1, 0.15) is 47.9 Å². The fourth-order valence-corrected chi connectivity index (χ4v) is 6.13. The second-order valence-electron chi connectivity index (χ2n) is 8.75. The molecule has 33 heavy (non-hydrogen) atoms. The molecule has 0 spiro atoms. The van der Waals surface area contributed by atoms with Gasteiger partial charge < -0.3 is 10.6 Å². The summed E-state index contributed by atoms with van der Waals surface area (Å²) in [5.41, 5.74) is 3.66. The first-order chi connectivity index (χ1) is 15.7. The maximum atomic E-state index is 13.4. The van der Waals surface area contributed by atoms with E-state index in [-0.39, 0.29) is 19.1 Å². The third kappa shape index (κ3) is 6.42. The van der Waals surface area contributed by atoms with Crippen LogP contribution in [0.3, 0.4) is 0 Å². The van der Waals surface area contributed by atoms with Crippen LogP contribution in [0.15, 0.2) is 47.4 Å². The first-order valence-corrected chi connectivity index (χ1v) is 12.8. The second-order valence-corrected chi connectivity index (χ2v) is 10.6. The van der Waals surface area contributed by atoms with Gasteiger partial charge in [0.15, 0.2) is 0 Å². The molecule has 7 nitrogen and oxygen atoms in total. The Morgan fingerprint density at radius 3 is 2.33 bits per heavy atom. The van der Waals surface area contributed by atoms with Gasteiger partial charge in [0.05, 0.1) is 4.90 Å². The van der Waals surface area contributed by atoms with E-state index in [0.717, 1.165) is 41.5 Å². The molecule has 0 saturated carbocycles. The number of nitrogens with one attached hydrogen (secondary N) is 2. The molecule has 8 heteroatoms. The summed E-state index contributed by atoms with van der Waals surface area (Å²) in [5.74, 6) is -1.40. The molecule has 178 valence electrons. The molecule has 1 fully saturated rings. The highest BCUT2D eigenvalue weighted by atomic mass is 32.2. The summed E-state index contributed by atoms with van der Waals surface area (Å²) in [6, 6.07) is 12.9. The molecule has 3 rings (SSSR count). The molecule has 2 N–H and O–H groups in total. The lowest BCUT2D eigenvalue weighted by molar-refractivity contribution is -0.139. The molecule has 1 aliphatic rings. The monoisotopic (exact) mass is 471 g/mol. The summed E-state index contributed by atoms with van der Waals surface area (Å²) in [6.45, 7) is 6.64. The smallest absolute Gasteiger partial charge is 0.309 e. The van der Waals surface area contributed by atoms with Crippen molar-refractivity contribution in [1.29, 1.82) is 0 Å². The summed E-state index contributed by atoms with van der Waals surface area (Å²) < 4.78 is 28.4. The van der Waals surface area contributed by atoms with Crippen molar-refractivity contribution in [3.63, 3.8) is 0 Å². The van der Waals surface area contributed by atoms with Crippen LogP contribution in [0.4, 0.5) is 0 Å². The molecular weight excluding hydrogens is 438 g/mol. The van der Waals surface area contributed by atoms with Crippen molar-refractivity contribution >= 4 is 21.8 Å². The summed E-state index contributed by atoms with van der Waals surface area (Å²) in [6.07, 6.45) is 2.95. The number of carbonyl (C=O) groups excluding carboxylic acids is 2. The number of aryl methyl sites for hydroxylation is 3. The third-order valence-electron chi connectivity index (χ3n) is 6.05. The largest absolute Gasteiger partial charge is 0.348 e. The van der Waals surface area contributed by atoms with Gasteiger partial charge in [-0.05, 0) is 62.8 Å². The average molecular weight is 472 g/mol. The molecule has 1 aliphatic heterocycles. The number of sulfonamides is 1. The van der Waals surface area contributed by atoms with Gasteiger partial charge >= 0.3 is 11.8 Å². The van der Waals surface area contributed by atoms with Crippen molar-refractivity contribution in [3.8, 4) is 0 Å². The first-order valence-electron chi connectivity index (χ1n) is 11.4. The maximum Gasteiger partial charge on any atom is 0.309 e. The predicted molar refractivity (Wildman–Crippen MR) is 128 cm³/mol. The molecule has 2 aromatic rings. The number of hydrogen-bond donors (Lipinski definition) is 2. The van der Waals surface area contributed by atoms with Crippen LogP contribution in [-0.2, 0) is 26.2 Å². The van der Waals surface area contributed by atoms with E-state index in [1.54, 1.807) is 17.3 Å². The number of carbonyl (C=O) groups is 2. The molecule has 1 saturated heterocycles. The zero-order valence-corrected chi connectivity index (χ0v) is 20.4. The van der Waals surface area contributed by atoms with Crippen molar-refractivity contribution in [1.82, 2.24) is 14.9 Å². The Morgan fingerprint density at radius 2 is 1.61 bits per heavy atom. The number of benzene rings is 2. The lowest BCUT2D eigenvalue weighted by atomic mass is 10.0. The van der Waals surface area contributed by atoms with E-state index in [1.165, 1.54) is 0 Å². The van der Waals surface area contributed by atoms with Gasteiger partial charge in [0, 0.05) is 25.7 Å². The number of rotatable bonds is 7. The van der Waals surface area contributed by atoms with Gasteiger partial charge in [0.25, 0.3) is 0 Å². The number of amides is 2. The predicted octanol–water partition coefficient (Wildman–Crippen LogP) is 2.98. The zero-order valence-electron chi connectivity index (χ0n) is 19.6. The Balaban J connectivity index is 1.55. The van der Waals surface area contributed by atoms with E-state index in [0.29, 0.717) is 17.9 Å². The Morgan fingerprint density at radius 1 is 0.939 bits per heavy atom. The second kappa shape index (κ2) is 10.9. The van der Waals surface area contributed by atoms with Gasteiger partial charge in [-0.1, -0.05) is 48.4 Å². The highest BCUT2D eigenvalue weighted by Gasteiger charge is 2.34. The number of piperidine rings is 1. The molecule has 0 bridgehead atoms. The van der Waals surface area contributed by atoms with Crippen molar-refractivity contribution in [2.24, 2.45) is 0 Å². The van der Waals surface area contributed by atoms with Crippen LogP contribution in [0.2, 0.25) is 0 Å². The molecule has 0 unspecified atom stereocenters. The highest BCUT2D eigenvalue weighted by molar-refractivity contribution is 7.89. The van der Waals surface area contributed by atoms with Crippen molar-refractivity contribution < 1.29 is 18.0 Å². The van der Waals surface area contributed by atoms with Crippen LogP contribution < -0.4 is 10.6 Å². The van der Waals surface area contributed by atoms with E-state index >= 15 is 0 Å². The van der Waals surface area contributed by atoms with Crippen LogP contribution in [0.25, 0.3) is 0 Å². The molecule has 2 amide bonds. The fourth-order valence-electron chi connectivity index (χ4n) is 4.09. The molecule has 1 heterocycles. The summed E-state index contributed by atoms with van der Waals surface area (Å²) in [5, 5.41) is 5.25. The Labute approximate surface area is 196 Å². The summed E-state index contributed by atoms with van der Waals surface area (Å²) in [7, 11) is -3.63. The molecular formula is C25H33N3O4S. The van der Waals surface area contributed by atoms with E-state index in [4.69, 9.17) is 0 Å². The van der Waals surface area contributed by atoms with E-state index < -0.39 is 21.8 Å². The minimum Gasteiger partial charge on any atom is -0.348 e. The van der Waals surface area contributed by atoms with Gasteiger partial charge in [-0.25, -0.2) is 8.42 Å². The number of hydrogen-bond acceptors (Lipinski definition) is 4. The normalized spacial score (nSPS) is 16.9. The van der Waals surface area contributed by atoms with Gasteiger partial charge in [-0.3, -0.25) is 9.59 Å². The highest BCUT2D eigenvalue weighted by Crippen LogP contribution is 2.29. The van der Waals surface area contributed by atoms with Crippen LogP contribution in [-0.4, -0.2) is 43.7 Å². The minimum absolute atomic E-state index is 0.209. The lowest BCUT2D eigenvalue weighted by Gasteiger charge is -2.35. The van der Waals surface area contributed by atoms with Crippen molar-refractivity contribution in [3.05, 3.63) is 64.7 Å². The van der Waals surface area contributed by atoms with Crippen LogP contribution in [0, 0.1) is 20.8 Å². The van der Waals surface area contributed by atoms with E-state index in [1.807, 2.05) is 50.2 Å². The Hall–Kier alpha value is -2.71. The fraction of sp³-hybridized carbons (Fsp3) is 0.440. The van der Waals surface area contributed by atoms with Gasteiger partial charge in [-0.15, -0.1) is 0 Å². The van der Waals surface area contributed by atoms with Crippen molar-refractivity contribution in [2.75, 3.05) is 13.1 Å². The number of nitrogens with zero attached hydrogens (tertiary/aromatic N) is 1. The zero-order chi connectivity index (χ0) is 24.0. The molecule has 0 aromatic heterocycles. The van der Waals surface area contributed by atoms with Crippen LogP contribution >= 0.6 is 0 Å². The van der Waals surface area contributed by atoms with Crippen molar-refractivity contribution in [2.45, 2.75) is 63.9 Å². The molecule has 2 aromatic carbocycles. The standard InChI is InChI=1S/C25H33N3O4S/c1-18-8-11-21(12-9-18)17-27-25(30)24(29)26-14-13-22-6-4-5-15-28(22)33(31,32)23-16-19(2)7-10-20(23)3/h7-12,16,22H,4-6,13-15,17H2,1-3H3,(H,26,29)(H,27,30)/t22-/m0/s1. The van der Waals surface area contributed by atoms with E-state index in [9.17, 15) is 18.0 Å². The Kier molecular flexibility index (Phi) is 8.26. The topological polar surface area (TPSA) is 95.6 Å². The Bertz CT molecular complexity index is 1100. The average Bonchev–Trinajstić information content (AvgIpc) is 2.80. The minimum atomic E-state index is -3.63.